The first kappa shape index (κ1) is 23.2. The number of fused-ring (bicyclic) bond motifs is 2. The van der Waals surface area contributed by atoms with Gasteiger partial charge >= 0.3 is 5.97 Å². The highest BCUT2D eigenvalue weighted by Gasteiger charge is 2.53. The summed E-state index contributed by atoms with van der Waals surface area (Å²) in [5.74, 6) is 0.261. The third-order valence-corrected chi connectivity index (χ3v) is 8.38. The number of allylic oxidation sites excluding steroid dienone is 3. The monoisotopic (exact) mass is 519 g/mol. The summed E-state index contributed by atoms with van der Waals surface area (Å²) in [5, 5.41) is 2.95. The van der Waals surface area contributed by atoms with E-state index in [1.54, 1.807) is 13.1 Å². The molecule has 0 fully saturated rings. The second-order valence-electron chi connectivity index (χ2n) is 9.85. The minimum Gasteiger partial charge on any atom is -0.463 e. The molecule has 1 spiro atoms. The second-order valence-corrected chi connectivity index (χ2v) is 16.4. The number of esters is 1. The lowest BCUT2D eigenvalue weighted by Crippen LogP contribution is -2.36. The Morgan fingerprint density at radius 1 is 1.34 bits per heavy atom. The van der Waals surface area contributed by atoms with Crippen LogP contribution in [0.4, 0.5) is 5.82 Å². The molecule has 3 heterocycles. The second kappa shape index (κ2) is 8.76. The quantitative estimate of drug-likeness (QED) is 0.330. The van der Waals surface area contributed by atoms with Crippen LogP contribution < -0.4 is 5.32 Å². The summed E-state index contributed by atoms with van der Waals surface area (Å²) in [4.78, 5) is 32.2. The first-order valence-corrected chi connectivity index (χ1v) is 15.5. The molecule has 4 rings (SSSR count). The minimum atomic E-state index is -1.20. The Kier molecular flexibility index (Phi) is 6.35. The predicted octanol–water partition coefficient (Wildman–Crippen LogP) is 4.20. The molecule has 1 amide bonds. The Balaban J connectivity index is 1.61. The Bertz CT molecular complexity index is 1020. The average Bonchev–Trinajstić information content (AvgIpc) is 3.23. The van der Waals surface area contributed by atoms with Gasteiger partial charge in [0.05, 0.1) is 24.1 Å². The zero-order chi connectivity index (χ0) is 23.1. The lowest BCUT2D eigenvalue weighted by molar-refractivity contribution is -0.139. The molecule has 172 valence electrons. The van der Waals surface area contributed by atoms with E-state index in [4.69, 9.17) is 9.47 Å². The van der Waals surface area contributed by atoms with Gasteiger partial charge in [-0.15, -0.1) is 0 Å². The predicted molar refractivity (Wildman–Crippen MR) is 129 cm³/mol. The van der Waals surface area contributed by atoms with Crippen LogP contribution in [0.3, 0.4) is 0 Å². The molecule has 0 aromatic carbocycles. The van der Waals surface area contributed by atoms with Crippen molar-refractivity contribution in [2.24, 2.45) is 0 Å². The van der Waals surface area contributed by atoms with Crippen molar-refractivity contribution in [3.63, 3.8) is 0 Å². The molecule has 9 heteroatoms. The summed E-state index contributed by atoms with van der Waals surface area (Å²) in [7, 11) is -1.20. The van der Waals surface area contributed by atoms with Crippen LogP contribution in [-0.4, -0.2) is 56.3 Å². The standard InChI is InChI=1S/C23H30BrN3O4Si/c1-5-31-21(28)16-8-15-10-23(18-9-17(24)12-25-20(18)26-22(23)29)11-19(15)27(13-16)14-30-6-7-32(2,3)4/h8-9,12H,5-7,10-11,13-14H2,1-4H3,(H,25,26,29)/t23-/m0/s1. The Morgan fingerprint density at radius 2 is 2.12 bits per heavy atom. The van der Waals surface area contributed by atoms with E-state index in [1.165, 1.54) is 0 Å². The van der Waals surface area contributed by atoms with E-state index in [2.05, 4.69) is 50.8 Å². The fourth-order valence-electron chi connectivity index (χ4n) is 4.52. The number of aromatic nitrogens is 1. The minimum absolute atomic E-state index is 0.0433. The Labute approximate surface area is 198 Å². The number of hydrogen-bond donors (Lipinski definition) is 1. The molecule has 1 aliphatic carbocycles. The molecule has 3 aliphatic rings. The molecule has 7 nitrogen and oxygen atoms in total. The van der Waals surface area contributed by atoms with Crippen LogP contribution in [0.2, 0.25) is 25.7 Å². The number of nitrogens with one attached hydrogen (secondary N) is 1. The van der Waals surface area contributed by atoms with Crippen molar-refractivity contribution in [3.05, 3.63) is 45.2 Å². The summed E-state index contributed by atoms with van der Waals surface area (Å²) in [6.07, 6.45) is 4.69. The van der Waals surface area contributed by atoms with Crippen LogP contribution in [0.1, 0.15) is 25.3 Å². The Morgan fingerprint density at radius 3 is 2.84 bits per heavy atom. The Hall–Kier alpha value is -1.97. The fourth-order valence-corrected chi connectivity index (χ4v) is 5.61. The summed E-state index contributed by atoms with van der Waals surface area (Å²) in [5.41, 5.74) is 2.85. The van der Waals surface area contributed by atoms with Crippen molar-refractivity contribution in [2.75, 3.05) is 31.8 Å². The lowest BCUT2D eigenvalue weighted by Gasteiger charge is -2.31. The third-order valence-electron chi connectivity index (χ3n) is 6.24. The molecule has 0 unspecified atom stereocenters. The van der Waals surface area contributed by atoms with Gasteiger partial charge in [-0.25, -0.2) is 9.78 Å². The van der Waals surface area contributed by atoms with Crippen LogP contribution >= 0.6 is 15.9 Å². The van der Waals surface area contributed by atoms with Crippen molar-refractivity contribution in [1.82, 2.24) is 9.88 Å². The number of carbonyl (C=O) groups excluding carboxylic acids is 2. The molecular formula is C23H30BrN3O4Si. The largest absolute Gasteiger partial charge is 0.463 e. The third kappa shape index (κ3) is 4.42. The summed E-state index contributed by atoms with van der Waals surface area (Å²) in [6.45, 7) is 10.6. The van der Waals surface area contributed by atoms with E-state index >= 15 is 0 Å². The van der Waals surface area contributed by atoms with Gasteiger partial charge in [-0.2, -0.15) is 0 Å². The number of nitrogens with zero attached hydrogens (tertiary/aromatic N) is 2. The normalized spacial score (nSPS) is 22.1. The molecule has 1 aromatic heterocycles. The van der Waals surface area contributed by atoms with Crippen molar-refractivity contribution in [3.8, 4) is 0 Å². The highest BCUT2D eigenvalue weighted by Crippen LogP contribution is 2.52. The molecule has 32 heavy (non-hydrogen) atoms. The van der Waals surface area contributed by atoms with Gasteiger partial charge in [0.2, 0.25) is 5.91 Å². The number of rotatable bonds is 7. The van der Waals surface area contributed by atoms with Gasteiger partial charge in [0.1, 0.15) is 12.5 Å². The smallest absolute Gasteiger partial charge is 0.335 e. The summed E-state index contributed by atoms with van der Waals surface area (Å²) in [6, 6.07) is 3.05. The first-order chi connectivity index (χ1) is 15.1. The molecule has 0 bridgehead atoms. The number of ether oxygens (including phenoxy) is 2. The molecule has 1 N–H and O–H groups in total. The maximum Gasteiger partial charge on any atom is 0.335 e. The van der Waals surface area contributed by atoms with Crippen molar-refractivity contribution >= 4 is 41.7 Å². The molecule has 1 atom stereocenters. The van der Waals surface area contributed by atoms with E-state index < -0.39 is 13.5 Å². The zero-order valence-corrected chi connectivity index (χ0v) is 21.7. The average molecular weight is 521 g/mol. The van der Waals surface area contributed by atoms with Crippen molar-refractivity contribution < 1.29 is 19.1 Å². The maximum absolute atomic E-state index is 13.2. The number of carbonyl (C=O) groups is 2. The molecule has 2 aliphatic heterocycles. The van der Waals surface area contributed by atoms with Gasteiger partial charge < -0.3 is 19.7 Å². The van der Waals surface area contributed by atoms with Gasteiger partial charge in [0.15, 0.2) is 0 Å². The van der Waals surface area contributed by atoms with E-state index in [1.807, 2.05) is 12.1 Å². The highest BCUT2D eigenvalue weighted by molar-refractivity contribution is 9.10. The van der Waals surface area contributed by atoms with Crippen molar-refractivity contribution in [1.29, 1.82) is 0 Å². The molecular weight excluding hydrogens is 490 g/mol. The molecule has 0 radical (unpaired) electrons. The van der Waals surface area contributed by atoms with Crippen molar-refractivity contribution in [2.45, 2.75) is 50.9 Å². The van der Waals surface area contributed by atoms with E-state index in [0.717, 1.165) is 27.4 Å². The van der Waals surface area contributed by atoms with Gasteiger partial charge in [-0.05, 0) is 53.0 Å². The van der Waals surface area contributed by atoms with E-state index in [-0.39, 0.29) is 11.9 Å². The SMILES string of the molecule is CCOC(=O)C1=CC2=C(C[C@]3(C2)C(=O)Nc2ncc(Br)cc23)N(COCC[Si](C)(C)C)C1. The van der Waals surface area contributed by atoms with Gasteiger partial charge in [-0.1, -0.05) is 19.6 Å². The molecule has 1 aromatic rings. The van der Waals surface area contributed by atoms with E-state index in [0.29, 0.717) is 50.7 Å². The number of pyridine rings is 1. The number of anilines is 1. The van der Waals surface area contributed by atoms with Gasteiger partial charge in [0, 0.05) is 43.0 Å². The summed E-state index contributed by atoms with van der Waals surface area (Å²) < 4.78 is 12.1. The fraction of sp³-hybridized carbons (Fsp3) is 0.522. The van der Waals surface area contributed by atoms with Crippen LogP contribution in [0.5, 0.6) is 0 Å². The van der Waals surface area contributed by atoms with Crippen LogP contribution in [0, 0.1) is 0 Å². The number of halogens is 1. The van der Waals surface area contributed by atoms with Gasteiger partial charge in [0.25, 0.3) is 0 Å². The number of hydrogen-bond acceptors (Lipinski definition) is 6. The van der Waals surface area contributed by atoms with Crippen LogP contribution in [0.15, 0.2) is 39.7 Å². The lowest BCUT2D eigenvalue weighted by atomic mass is 9.79. The zero-order valence-electron chi connectivity index (χ0n) is 19.1. The summed E-state index contributed by atoms with van der Waals surface area (Å²) >= 11 is 3.49. The molecule has 0 saturated carbocycles. The van der Waals surface area contributed by atoms with Crippen LogP contribution in [-0.2, 0) is 24.5 Å². The topological polar surface area (TPSA) is 80.8 Å². The van der Waals surface area contributed by atoms with Crippen LogP contribution in [0.25, 0.3) is 0 Å². The highest BCUT2D eigenvalue weighted by atomic mass is 79.9. The maximum atomic E-state index is 13.2. The van der Waals surface area contributed by atoms with E-state index in [9.17, 15) is 9.59 Å². The first-order valence-electron chi connectivity index (χ1n) is 11.0. The number of amides is 1. The van der Waals surface area contributed by atoms with Gasteiger partial charge in [-0.3, -0.25) is 4.79 Å². The molecule has 0 saturated heterocycles.